The number of benzene rings is 4. The van der Waals surface area contributed by atoms with Gasteiger partial charge in [0.2, 0.25) is 16.3 Å². The Morgan fingerprint density at radius 3 is 2.16 bits per heavy atom. The minimum Gasteiger partial charge on any atom is -0.455 e. The van der Waals surface area contributed by atoms with Gasteiger partial charge in [-0.15, -0.1) is 0 Å². The number of hydrogen-bond acceptors (Lipinski definition) is 7. The maximum absolute atomic E-state index is 14.3. The van der Waals surface area contributed by atoms with Crippen LogP contribution in [0.1, 0.15) is 34.3 Å². The van der Waals surface area contributed by atoms with E-state index in [9.17, 15) is 18.6 Å². The smallest absolute Gasteiger partial charge is 0.243 e. The summed E-state index contributed by atoms with van der Waals surface area (Å²) in [5.74, 6) is 0.0123. The summed E-state index contributed by atoms with van der Waals surface area (Å²) < 4.78 is 35.8. The van der Waals surface area contributed by atoms with Crippen LogP contribution in [-0.2, 0) is 29.5 Å². The summed E-state index contributed by atoms with van der Waals surface area (Å²) in [7, 11) is -3.94. The standard InChI is InChI=1S/C36H39N3O5S/c1-27-32-24-31(16-17-34(32)44-35(27)36(40)41)45(42,43)39(19-18-28-10-4-2-5-11-28)26-30-14-8-9-15-33(30)38-22-20-37(21-23-38)25-29-12-6-3-7-13-29/h2-17,24,36,40-41H,18-23,25-26H2,1H3. The summed E-state index contributed by atoms with van der Waals surface area (Å²) in [4.78, 5) is 4.96. The molecule has 6 rings (SSSR count). The summed E-state index contributed by atoms with van der Waals surface area (Å²) in [6, 6.07) is 33.2. The molecule has 5 aromatic rings. The van der Waals surface area contributed by atoms with Crippen LogP contribution in [-0.4, -0.2) is 60.6 Å². The Hall–Kier alpha value is -3.99. The van der Waals surface area contributed by atoms with Crippen molar-refractivity contribution < 1.29 is 23.0 Å². The second-order valence-corrected chi connectivity index (χ2v) is 13.5. The lowest BCUT2D eigenvalue weighted by atomic mass is 10.1. The van der Waals surface area contributed by atoms with Gasteiger partial charge in [0.15, 0.2) is 5.76 Å². The summed E-state index contributed by atoms with van der Waals surface area (Å²) in [5.41, 5.74) is 5.28. The van der Waals surface area contributed by atoms with Crippen LogP contribution in [0.5, 0.6) is 0 Å². The predicted octanol–water partition coefficient (Wildman–Crippen LogP) is 5.48. The van der Waals surface area contributed by atoms with Gasteiger partial charge in [-0.25, -0.2) is 8.42 Å². The van der Waals surface area contributed by atoms with Gasteiger partial charge in [-0.3, -0.25) is 4.90 Å². The average molecular weight is 626 g/mol. The van der Waals surface area contributed by atoms with Crippen LogP contribution >= 0.6 is 0 Å². The van der Waals surface area contributed by atoms with Crippen LogP contribution in [0, 0.1) is 6.92 Å². The number of nitrogens with zero attached hydrogens (tertiary/aromatic N) is 3. The number of aryl methyl sites for hydroxylation is 1. The molecule has 1 aliphatic heterocycles. The molecule has 1 aromatic heterocycles. The average Bonchev–Trinajstić information content (AvgIpc) is 3.40. The van der Waals surface area contributed by atoms with Crippen molar-refractivity contribution >= 4 is 26.7 Å². The van der Waals surface area contributed by atoms with Crippen LogP contribution in [0.25, 0.3) is 11.0 Å². The van der Waals surface area contributed by atoms with E-state index in [1.807, 2.05) is 54.6 Å². The van der Waals surface area contributed by atoms with Gasteiger partial charge in [0.1, 0.15) is 5.58 Å². The van der Waals surface area contributed by atoms with Crippen LogP contribution in [0.2, 0.25) is 0 Å². The van der Waals surface area contributed by atoms with Gasteiger partial charge in [0, 0.05) is 62.5 Å². The molecule has 0 amide bonds. The van der Waals surface area contributed by atoms with Gasteiger partial charge in [-0.05, 0) is 54.3 Å². The number of furan rings is 1. The van der Waals surface area contributed by atoms with E-state index in [-0.39, 0.29) is 17.2 Å². The van der Waals surface area contributed by atoms with E-state index in [0.29, 0.717) is 29.5 Å². The van der Waals surface area contributed by atoms with Crippen molar-refractivity contribution in [3.8, 4) is 0 Å². The fourth-order valence-electron chi connectivity index (χ4n) is 6.09. The van der Waals surface area contributed by atoms with Gasteiger partial charge in [0.05, 0.1) is 4.90 Å². The van der Waals surface area contributed by atoms with Crippen molar-refractivity contribution in [1.82, 2.24) is 9.21 Å². The number of anilines is 1. The Bertz CT molecular complexity index is 1830. The summed E-state index contributed by atoms with van der Waals surface area (Å²) in [6.45, 7) is 6.70. The van der Waals surface area contributed by atoms with E-state index >= 15 is 0 Å². The van der Waals surface area contributed by atoms with E-state index in [2.05, 4.69) is 40.1 Å². The molecule has 45 heavy (non-hydrogen) atoms. The number of aliphatic hydroxyl groups excluding tert-OH is 1. The van der Waals surface area contributed by atoms with Gasteiger partial charge in [-0.2, -0.15) is 4.31 Å². The van der Waals surface area contributed by atoms with Gasteiger partial charge >= 0.3 is 0 Å². The van der Waals surface area contributed by atoms with E-state index in [4.69, 9.17) is 4.42 Å². The molecule has 0 radical (unpaired) electrons. The highest BCUT2D eigenvalue weighted by Gasteiger charge is 2.28. The molecule has 4 aromatic carbocycles. The third kappa shape index (κ3) is 6.98. The molecule has 1 aliphatic rings. The van der Waals surface area contributed by atoms with Crippen molar-refractivity contribution in [2.24, 2.45) is 0 Å². The molecule has 1 fully saturated rings. The number of aliphatic hydroxyl groups is 2. The molecule has 0 unspecified atom stereocenters. The fourth-order valence-corrected chi connectivity index (χ4v) is 7.53. The van der Waals surface area contributed by atoms with Crippen molar-refractivity contribution in [1.29, 1.82) is 0 Å². The molecule has 0 aliphatic carbocycles. The third-order valence-corrected chi connectivity index (χ3v) is 10.5. The first-order valence-corrected chi connectivity index (χ1v) is 16.8. The van der Waals surface area contributed by atoms with E-state index < -0.39 is 16.3 Å². The fraction of sp³-hybridized carbons (Fsp3) is 0.278. The van der Waals surface area contributed by atoms with Gasteiger partial charge < -0.3 is 19.5 Å². The quantitative estimate of drug-likeness (QED) is 0.188. The Balaban J connectivity index is 1.26. The predicted molar refractivity (Wildman–Crippen MR) is 176 cm³/mol. The molecule has 0 spiro atoms. The first-order chi connectivity index (χ1) is 21.8. The number of piperazine rings is 1. The molecule has 2 heterocycles. The maximum atomic E-state index is 14.3. The second kappa shape index (κ2) is 13.6. The van der Waals surface area contributed by atoms with Crippen LogP contribution < -0.4 is 4.90 Å². The minimum absolute atomic E-state index is 0.0123. The Kier molecular flexibility index (Phi) is 9.34. The molecule has 2 N–H and O–H groups in total. The van der Waals surface area contributed by atoms with Gasteiger partial charge in [0.25, 0.3) is 0 Å². The SMILES string of the molecule is Cc1c(C(O)O)oc2ccc(S(=O)(=O)N(CCc3ccccc3)Cc3ccccc3N3CCN(Cc4ccccc4)CC3)cc12. The van der Waals surface area contributed by atoms with Gasteiger partial charge in [-0.1, -0.05) is 78.9 Å². The number of fused-ring (bicyclic) bond motifs is 1. The van der Waals surface area contributed by atoms with Crippen molar-refractivity contribution in [3.63, 3.8) is 0 Å². The van der Waals surface area contributed by atoms with Crippen LogP contribution in [0.4, 0.5) is 5.69 Å². The highest BCUT2D eigenvalue weighted by molar-refractivity contribution is 7.89. The van der Waals surface area contributed by atoms with E-state index in [1.54, 1.807) is 23.4 Å². The minimum atomic E-state index is -3.94. The molecule has 0 saturated carbocycles. The molecule has 0 atom stereocenters. The Morgan fingerprint density at radius 2 is 1.47 bits per heavy atom. The highest BCUT2D eigenvalue weighted by atomic mass is 32.2. The molecule has 0 bridgehead atoms. The first-order valence-electron chi connectivity index (χ1n) is 15.3. The van der Waals surface area contributed by atoms with Crippen molar-refractivity contribution in [3.05, 3.63) is 131 Å². The lowest BCUT2D eigenvalue weighted by Crippen LogP contribution is -2.46. The summed E-state index contributed by atoms with van der Waals surface area (Å²) in [5, 5.41) is 20.0. The highest BCUT2D eigenvalue weighted by Crippen LogP contribution is 2.32. The van der Waals surface area contributed by atoms with Crippen LogP contribution in [0.3, 0.4) is 0 Å². The van der Waals surface area contributed by atoms with Crippen molar-refractivity contribution in [2.75, 3.05) is 37.6 Å². The lowest BCUT2D eigenvalue weighted by molar-refractivity contribution is -0.0576. The van der Waals surface area contributed by atoms with Crippen molar-refractivity contribution in [2.45, 2.75) is 37.6 Å². The zero-order valence-corrected chi connectivity index (χ0v) is 26.2. The molecule has 8 nitrogen and oxygen atoms in total. The Labute approximate surface area is 264 Å². The molecule has 9 heteroatoms. The maximum Gasteiger partial charge on any atom is 0.243 e. The van der Waals surface area contributed by atoms with E-state index in [1.165, 1.54) is 11.6 Å². The normalized spacial score (nSPS) is 14.6. The largest absolute Gasteiger partial charge is 0.455 e. The first kappa shape index (κ1) is 31.0. The number of sulfonamides is 1. The number of rotatable bonds is 11. The monoisotopic (exact) mass is 625 g/mol. The second-order valence-electron chi connectivity index (χ2n) is 11.6. The summed E-state index contributed by atoms with van der Waals surface area (Å²) in [6.07, 6.45) is -1.22. The molecule has 234 valence electrons. The summed E-state index contributed by atoms with van der Waals surface area (Å²) >= 11 is 0. The number of hydrogen-bond donors (Lipinski definition) is 2. The van der Waals surface area contributed by atoms with Crippen LogP contribution in [0.15, 0.2) is 112 Å². The lowest BCUT2D eigenvalue weighted by Gasteiger charge is -2.37. The zero-order chi connectivity index (χ0) is 31.4. The molecular weight excluding hydrogens is 586 g/mol. The van der Waals surface area contributed by atoms with E-state index in [0.717, 1.165) is 49.5 Å². The topological polar surface area (TPSA) is 97.5 Å². The number of para-hydroxylation sites is 1. The Morgan fingerprint density at radius 1 is 0.822 bits per heavy atom. The third-order valence-electron chi connectivity index (χ3n) is 8.61. The molecule has 1 saturated heterocycles. The molecular formula is C36H39N3O5S. The zero-order valence-electron chi connectivity index (χ0n) is 25.4.